The van der Waals surface area contributed by atoms with E-state index in [4.69, 9.17) is 18.1 Å². The number of hydrogen-bond acceptors (Lipinski definition) is 1. The largest absolute Gasteiger partial charge is 0.309 e. The van der Waals surface area contributed by atoms with Gasteiger partial charge in [0.15, 0.2) is 0 Å². The maximum atomic E-state index is 8.51. The maximum absolute atomic E-state index is 8.51. The molecule has 0 N–H and O–H groups in total. The molecule has 250 valence electrons. The van der Waals surface area contributed by atoms with Crippen molar-refractivity contribution in [2.75, 3.05) is 0 Å². The first-order valence-corrected chi connectivity index (χ1v) is 17.8. The lowest BCUT2D eigenvalue weighted by molar-refractivity contribution is 1.17. The van der Waals surface area contributed by atoms with E-state index in [9.17, 15) is 0 Å². The molecule has 10 rings (SSSR count). The highest BCUT2D eigenvalue weighted by molar-refractivity contribution is 6.26. The first-order chi connectivity index (χ1) is 26.7. The topological polar surface area (TPSA) is 31.5 Å². The lowest BCUT2D eigenvalue weighted by atomic mass is 9.95. The van der Waals surface area contributed by atoms with E-state index in [1.165, 1.54) is 10.8 Å². The highest BCUT2D eigenvalue weighted by Gasteiger charge is 2.25. The first-order valence-electron chi connectivity index (χ1n) is 17.8. The normalized spacial score (nSPS) is 11.3. The molecule has 0 spiro atoms. The molecule has 0 unspecified atom stereocenters. The average molecular weight is 688 g/mol. The molecule has 0 fully saturated rings. The van der Waals surface area contributed by atoms with Gasteiger partial charge in [0.05, 0.1) is 46.6 Å². The molecular weight excluding hydrogens is 659 g/mol. The van der Waals surface area contributed by atoms with Crippen LogP contribution in [0.25, 0.3) is 98.3 Å². The summed E-state index contributed by atoms with van der Waals surface area (Å²) in [6.07, 6.45) is 0. The van der Waals surface area contributed by atoms with E-state index in [0.717, 1.165) is 60.9 Å². The molecular formula is C49H29N5. The number of hydrogen-bond donors (Lipinski definition) is 0. The minimum Gasteiger partial charge on any atom is -0.309 e. The van der Waals surface area contributed by atoms with Gasteiger partial charge in [-0.25, -0.2) is 9.69 Å². The van der Waals surface area contributed by atoms with Crippen LogP contribution >= 0.6 is 0 Å². The quantitative estimate of drug-likeness (QED) is 0.166. The van der Waals surface area contributed by atoms with E-state index in [1.54, 1.807) is 0 Å². The standard InChI is InChI=1S/C49H29N5/c1-50-47-43(32-17-7-3-8-18-32)48(51-2)46(52-45(47)33-19-9-4-10-20-33)34-27-28-37-38-29-30-41-44(49(38)54(42(37)31-34)36-23-13-6-14-24-36)39-25-15-16-26-40(39)53(41)35-21-11-5-12-22-35/h3-31H. The van der Waals surface area contributed by atoms with Crippen LogP contribution in [0.2, 0.25) is 0 Å². The summed E-state index contributed by atoms with van der Waals surface area (Å²) in [5, 5.41) is 4.59. The van der Waals surface area contributed by atoms with Crippen LogP contribution in [0.4, 0.5) is 11.4 Å². The van der Waals surface area contributed by atoms with Gasteiger partial charge in [0.2, 0.25) is 11.4 Å². The summed E-state index contributed by atoms with van der Waals surface area (Å²) in [6.45, 7) is 16.8. The van der Waals surface area contributed by atoms with Crippen molar-refractivity contribution in [2.45, 2.75) is 0 Å². The molecule has 0 aliphatic carbocycles. The van der Waals surface area contributed by atoms with Crippen LogP contribution in [0, 0.1) is 13.1 Å². The molecule has 0 saturated carbocycles. The molecule has 0 amide bonds. The number of pyridine rings is 1. The Balaban J connectivity index is 1.34. The SMILES string of the molecule is [C-]#[N+]c1c(-c2ccccc2)nc(-c2ccc3c4ccc5c(c6ccccc6n5-c5ccccc5)c4n(-c4ccccc4)c3c2)c([N+]#[C-])c1-c1ccccc1. The lowest BCUT2D eigenvalue weighted by Gasteiger charge is -2.16. The second-order valence-corrected chi connectivity index (χ2v) is 13.3. The Bertz CT molecular complexity index is 3150. The van der Waals surface area contributed by atoms with Crippen molar-refractivity contribution in [1.29, 1.82) is 0 Å². The van der Waals surface area contributed by atoms with Gasteiger partial charge < -0.3 is 9.13 Å². The number of nitrogens with zero attached hydrogens (tertiary/aromatic N) is 5. The molecule has 3 heterocycles. The molecule has 7 aromatic carbocycles. The summed E-state index contributed by atoms with van der Waals surface area (Å²) in [7, 11) is 0. The van der Waals surface area contributed by atoms with E-state index in [1.807, 2.05) is 66.7 Å². The lowest BCUT2D eigenvalue weighted by Crippen LogP contribution is -1.96. The highest BCUT2D eigenvalue weighted by Crippen LogP contribution is 2.49. The van der Waals surface area contributed by atoms with Gasteiger partial charge in [0, 0.05) is 32.9 Å². The zero-order valence-corrected chi connectivity index (χ0v) is 29.0. The van der Waals surface area contributed by atoms with Crippen LogP contribution in [-0.4, -0.2) is 14.1 Å². The van der Waals surface area contributed by atoms with E-state index in [2.05, 4.69) is 128 Å². The minimum atomic E-state index is 0.363. The van der Waals surface area contributed by atoms with Gasteiger partial charge in [0.1, 0.15) is 0 Å². The third kappa shape index (κ3) is 4.67. The summed E-state index contributed by atoms with van der Waals surface area (Å²) in [4.78, 5) is 13.3. The van der Waals surface area contributed by atoms with Crippen molar-refractivity contribution < 1.29 is 0 Å². The number of benzene rings is 7. The molecule has 5 heteroatoms. The van der Waals surface area contributed by atoms with Crippen molar-refractivity contribution >= 4 is 55.0 Å². The van der Waals surface area contributed by atoms with Crippen molar-refractivity contribution in [3.05, 3.63) is 199 Å². The Kier molecular flexibility index (Phi) is 7.18. The predicted octanol–water partition coefficient (Wildman–Crippen LogP) is 13.4. The van der Waals surface area contributed by atoms with Gasteiger partial charge in [-0.15, -0.1) is 0 Å². The smallest absolute Gasteiger partial charge is 0.210 e. The van der Waals surface area contributed by atoms with Crippen LogP contribution in [0.1, 0.15) is 0 Å². The Morgan fingerprint density at radius 2 is 0.944 bits per heavy atom. The predicted molar refractivity (Wildman–Crippen MR) is 222 cm³/mol. The second kappa shape index (κ2) is 12.5. The summed E-state index contributed by atoms with van der Waals surface area (Å²) in [6, 6.07) is 60.1. The Morgan fingerprint density at radius 1 is 0.407 bits per heavy atom. The van der Waals surface area contributed by atoms with Gasteiger partial charge in [-0.1, -0.05) is 133 Å². The van der Waals surface area contributed by atoms with Gasteiger partial charge >= 0.3 is 0 Å². The fraction of sp³-hybridized carbons (Fsp3) is 0. The molecule has 10 aromatic rings. The molecule has 5 nitrogen and oxygen atoms in total. The van der Waals surface area contributed by atoms with E-state index in [0.29, 0.717) is 28.3 Å². The third-order valence-electron chi connectivity index (χ3n) is 10.3. The molecule has 54 heavy (non-hydrogen) atoms. The Labute approximate surface area is 311 Å². The maximum Gasteiger partial charge on any atom is 0.210 e. The molecule has 0 atom stereocenters. The average Bonchev–Trinajstić information content (AvgIpc) is 3.76. The summed E-state index contributed by atoms with van der Waals surface area (Å²) in [5.74, 6) is 0. The van der Waals surface area contributed by atoms with Crippen LogP contribution in [-0.2, 0) is 0 Å². The highest BCUT2D eigenvalue weighted by atomic mass is 15.0. The number of rotatable bonds is 5. The monoisotopic (exact) mass is 687 g/mol. The summed E-state index contributed by atoms with van der Waals surface area (Å²) in [5.41, 5.74) is 11.4. The van der Waals surface area contributed by atoms with Gasteiger partial charge in [-0.05, 0) is 64.7 Å². The van der Waals surface area contributed by atoms with Crippen molar-refractivity contribution in [1.82, 2.24) is 14.1 Å². The van der Waals surface area contributed by atoms with E-state index >= 15 is 0 Å². The summed E-state index contributed by atoms with van der Waals surface area (Å²) < 4.78 is 4.71. The van der Waals surface area contributed by atoms with Crippen LogP contribution in [0.15, 0.2) is 176 Å². The van der Waals surface area contributed by atoms with Crippen LogP contribution in [0.3, 0.4) is 0 Å². The van der Waals surface area contributed by atoms with Gasteiger partial charge in [-0.2, -0.15) is 0 Å². The van der Waals surface area contributed by atoms with Crippen LogP contribution < -0.4 is 0 Å². The fourth-order valence-corrected chi connectivity index (χ4v) is 8.07. The molecule has 0 aliphatic heterocycles. The van der Waals surface area contributed by atoms with E-state index < -0.39 is 0 Å². The Morgan fingerprint density at radius 3 is 1.59 bits per heavy atom. The van der Waals surface area contributed by atoms with Crippen molar-refractivity contribution in [2.24, 2.45) is 0 Å². The third-order valence-corrected chi connectivity index (χ3v) is 10.3. The van der Waals surface area contributed by atoms with Crippen molar-refractivity contribution in [3.63, 3.8) is 0 Å². The van der Waals surface area contributed by atoms with Gasteiger partial charge in [-0.3, -0.25) is 4.98 Å². The fourth-order valence-electron chi connectivity index (χ4n) is 8.07. The zero-order chi connectivity index (χ0) is 36.2. The molecule has 3 aromatic heterocycles. The number of para-hydroxylation sites is 3. The number of fused-ring (bicyclic) bond motifs is 7. The van der Waals surface area contributed by atoms with Crippen LogP contribution in [0.5, 0.6) is 0 Å². The molecule has 0 saturated heterocycles. The Hall–Kier alpha value is -7.73. The summed E-state index contributed by atoms with van der Waals surface area (Å²) >= 11 is 0. The number of aromatic nitrogens is 3. The van der Waals surface area contributed by atoms with E-state index in [-0.39, 0.29) is 0 Å². The zero-order valence-electron chi connectivity index (χ0n) is 29.0. The second-order valence-electron chi connectivity index (χ2n) is 13.3. The molecule has 0 radical (unpaired) electrons. The van der Waals surface area contributed by atoms with Crippen molar-refractivity contribution in [3.8, 4) is 45.0 Å². The van der Waals surface area contributed by atoms with Gasteiger partial charge in [0.25, 0.3) is 0 Å². The first kappa shape index (κ1) is 31.0. The minimum absolute atomic E-state index is 0.363. The molecule has 0 aliphatic rings. The molecule has 0 bridgehead atoms.